The Morgan fingerprint density at radius 2 is 0.875 bits per heavy atom. The lowest BCUT2D eigenvalue weighted by atomic mass is 9.63. The average Bonchev–Trinajstić information content (AvgIpc) is 2.79. The second-order valence-corrected chi connectivity index (χ2v) is 14.3. The normalized spacial score (nSPS) is 34.6. The molecule has 0 aliphatic heterocycles. The van der Waals surface area contributed by atoms with Crippen LogP contribution < -0.4 is 0 Å². The standard InChI is InChI=1S/C32H58O8/c1-27(2)23-29(5,35)13-15-31(27,37)19-25(33)21-39-17-11-9-7-8-10-12-18-40-22-26(34)20-32(38)16-14-30(6,36)24-28(32,3)4/h13-16,25-26,33-38H,7-12,17-24H2,1-6H3. The lowest BCUT2D eigenvalue weighted by molar-refractivity contribution is -0.107. The number of hydrogen-bond donors (Lipinski definition) is 6. The summed E-state index contributed by atoms with van der Waals surface area (Å²) in [6.07, 6.45) is 12.2. The van der Waals surface area contributed by atoms with Crippen LogP contribution in [0.5, 0.6) is 0 Å². The first-order valence-corrected chi connectivity index (χ1v) is 15.1. The van der Waals surface area contributed by atoms with E-state index in [2.05, 4.69) is 0 Å². The molecule has 0 bridgehead atoms. The van der Waals surface area contributed by atoms with Crippen molar-refractivity contribution in [3.63, 3.8) is 0 Å². The van der Waals surface area contributed by atoms with Gasteiger partial charge in [0.15, 0.2) is 0 Å². The monoisotopic (exact) mass is 570 g/mol. The third-order valence-corrected chi connectivity index (χ3v) is 8.92. The molecule has 0 aromatic heterocycles. The summed E-state index contributed by atoms with van der Waals surface area (Å²) in [5.41, 5.74) is -5.40. The number of hydrogen-bond acceptors (Lipinski definition) is 8. The predicted molar refractivity (Wildman–Crippen MR) is 157 cm³/mol. The van der Waals surface area contributed by atoms with Crippen LogP contribution in [0.25, 0.3) is 0 Å². The quantitative estimate of drug-likeness (QED) is 0.115. The highest BCUT2D eigenvalue weighted by atomic mass is 16.5. The number of ether oxygens (including phenoxy) is 2. The summed E-state index contributed by atoms with van der Waals surface area (Å²) in [6, 6.07) is 0. The smallest absolute Gasteiger partial charge is 0.0906 e. The van der Waals surface area contributed by atoms with E-state index in [0.29, 0.717) is 26.1 Å². The van der Waals surface area contributed by atoms with Crippen molar-refractivity contribution < 1.29 is 40.1 Å². The molecule has 0 heterocycles. The summed E-state index contributed by atoms with van der Waals surface area (Å²) >= 11 is 0. The minimum Gasteiger partial charge on any atom is -0.391 e. The molecule has 0 aromatic rings. The van der Waals surface area contributed by atoms with Gasteiger partial charge in [-0.15, -0.1) is 0 Å². The van der Waals surface area contributed by atoms with Crippen LogP contribution in [0.15, 0.2) is 24.3 Å². The highest BCUT2D eigenvalue weighted by Crippen LogP contribution is 2.47. The Morgan fingerprint density at radius 3 is 1.20 bits per heavy atom. The van der Waals surface area contributed by atoms with Crippen LogP contribution in [0, 0.1) is 10.8 Å². The van der Waals surface area contributed by atoms with Crippen LogP contribution in [0.4, 0.5) is 0 Å². The van der Waals surface area contributed by atoms with Crippen LogP contribution >= 0.6 is 0 Å². The first-order valence-electron chi connectivity index (χ1n) is 15.1. The van der Waals surface area contributed by atoms with Gasteiger partial charge in [-0.05, 0) is 39.5 Å². The van der Waals surface area contributed by atoms with Crippen molar-refractivity contribution in [2.75, 3.05) is 26.4 Å². The maximum atomic E-state index is 11.1. The molecular weight excluding hydrogens is 512 g/mol. The van der Waals surface area contributed by atoms with E-state index in [1.807, 2.05) is 27.7 Å². The molecule has 2 rings (SSSR count). The fraction of sp³-hybridized carbons (Fsp3) is 0.875. The maximum absolute atomic E-state index is 11.1. The summed E-state index contributed by atoms with van der Waals surface area (Å²) < 4.78 is 11.3. The van der Waals surface area contributed by atoms with Gasteiger partial charge in [-0.2, -0.15) is 0 Å². The Labute approximate surface area is 242 Å². The summed E-state index contributed by atoms with van der Waals surface area (Å²) in [7, 11) is 0. The van der Waals surface area contributed by atoms with Crippen LogP contribution in [0.3, 0.4) is 0 Å². The van der Waals surface area contributed by atoms with Gasteiger partial charge in [-0.3, -0.25) is 0 Å². The first-order chi connectivity index (χ1) is 18.3. The average molecular weight is 571 g/mol. The summed E-state index contributed by atoms with van der Waals surface area (Å²) in [5.74, 6) is 0. The molecule has 0 spiro atoms. The summed E-state index contributed by atoms with van der Waals surface area (Å²) in [4.78, 5) is 0. The predicted octanol–water partition coefficient (Wildman–Crippen LogP) is 3.80. The molecule has 0 saturated heterocycles. The maximum Gasteiger partial charge on any atom is 0.0906 e. The summed E-state index contributed by atoms with van der Waals surface area (Å²) in [6.45, 7) is 12.6. The van der Waals surface area contributed by atoms with Gasteiger partial charge in [0.2, 0.25) is 0 Å². The van der Waals surface area contributed by atoms with E-state index in [-0.39, 0.29) is 26.1 Å². The number of rotatable bonds is 17. The van der Waals surface area contributed by atoms with Gasteiger partial charge in [0, 0.05) is 36.9 Å². The van der Waals surface area contributed by atoms with Crippen LogP contribution in [0.1, 0.15) is 106 Å². The topological polar surface area (TPSA) is 140 Å². The zero-order valence-corrected chi connectivity index (χ0v) is 25.9. The zero-order chi connectivity index (χ0) is 30.3. The fourth-order valence-corrected chi connectivity index (χ4v) is 6.38. The van der Waals surface area contributed by atoms with Crippen LogP contribution in [-0.2, 0) is 9.47 Å². The van der Waals surface area contributed by atoms with E-state index in [1.165, 1.54) is 0 Å². The lowest BCUT2D eigenvalue weighted by Crippen LogP contribution is -2.52. The van der Waals surface area contributed by atoms with Crippen molar-refractivity contribution in [2.24, 2.45) is 10.8 Å². The van der Waals surface area contributed by atoms with Gasteiger partial charge in [-0.25, -0.2) is 0 Å². The molecule has 0 amide bonds. The molecule has 0 radical (unpaired) electrons. The minimum absolute atomic E-state index is 0.171. The lowest BCUT2D eigenvalue weighted by Gasteiger charge is -2.48. The molecule has 0 saturated carbocycles. The van der Waals surface area contributed by atoms with Crippen molar-refractivity contribution in [3.8, 4) is 0 Å². The molecule has 6 atom stereocenters. The highest BCUT2D eigenvalue weighted by Gasteiger charge is 2.50. The molecule has 8 nitrogen and oxygen atoms in total. The zero-order valence-electron chi connectivity index (χ0n) is 25.9. The Kier molecular flexibility index (Phi) is 12.5. The van der Waals surface area contributed by atoms with E-state index in [1.54, 1.807) is 38.2 Å². The van der Waals surface area contributed by atoms with E-state index in [9.17, 15) is 30.6 Å². The van der Waals surface area contributed by atoms with Gasteiger partial charge in [0.25, 0.3) is 0 Å². The summed E-state index contributed by atoms with van der Waals surface area (Å²) in [5, 5.41) is 63.5. The molecule has 2 aliphatic carbocycles. The molecule has 0 aromatic carbocycles. The highest BCUT2D eigenvalue weighted by molar-refractivity contribution is 5.21. The SMILES string of the molecule is CC1(O)C=CC(O)(CC(O)COCCCCCCCCOCC(O)CC2(O)C=CC(C)(O)CC2(C)C)C(C)(C)C1. The third kappa shape index (κ3) is 10.5. The van der Waals surface area contributed by atoms with E-state index >= 15 is 0 Å². The van der Waals surface area contributed by atoms with Crippen molar-refractivity contribution in [2.45, 2.75) is 140 Å². The fourth-order valence-electron chi connectivity index (χ4n) is 6.38. The van der Waals surface area contributed by atoms with Gasteiger partial charge in [0.1, 0.15) is 0 Å². The Morgan fingerprint density at radius 1 is 0.550 bits per heavy atom. The third-order valence-electron chi connectivity index (χ3n) is 8.92. The van der Waals surface area contributed by atoms with E-state index in [0.717, 1.165) is 38.5 Å². The Bertz CT molecular complexity index is 765. The number of aliphatic hydroxyl groups excluding tert-OH is 2. The van der Waals surface area contributed by atoms with Crippen molar-refractivity contribution in [3.05, 3.63) is 24.3 Å². The van der Waals surface area contributed by atoms with Gasteiger partial charge >= 0.3 is 0 Å². The molecule has 8 heteroatoms. The van der Waals surface area contributed by atoms with E-state index < -0.39 is 45.4 Å². The number of unbranched alkanes of at least 4 members (excludes halogenated alkanes) is 5. The van der Waals surface area contributed by atoms with Gasteiger partial charge in [-0.1, -0.05) is 77.7 Å². The van der Waals surface area contributed by atoms with Gasteiger partial charge < -0.3 is 40.1 Å². The largest absolute Gasteiger partial charge is 0.391 e. The second kappa shape index (κ2) is 14.1. The molecule has 2 aliphatic rings. The first kappa shape index (κ1) is 35.4. The molecular formula is C32H58O8. The van der Waals surface area contributed by atoms with Crippen LogP contribution in [-0.4, -0.2) is 91.7 Å². The van der Waals surface area contributed by atoms with Gasteiger partial charge in [0.05, 0.1) is 47.8 Å². The molecule has 40 heavy (non-hydrogen) atoms. The molecule has 0 fully saturated rings. The minimum atomic E-state index is -1.19. The van der Waals surface area contributed by atoms with Crippen LogP contribution in [0.2, 0.25) is 0 Å². The Balaban J connectivity index is 1.48. The van der Waals surface area contributed by atoms with Crippen molar-refractivity contribution in [1.82, 2.24) is 0 Å². The number of aliphatic hydroxyl groups is 6. The van der Waals surface area contributed by atoms with E-state index in [4.69, 9.17) is 9.47 Å². The molecule has 234 valence electrons. The second-order valence-electron chi connectivity index (χ2n) is 14.3. The Hall–Kier alpha value is -0.840. The van der Waals surface area contributed by atoms with Crippen molar-refractivity contribution >= 4 is 0 Å². The molecule has 6 N–H and O–H groups in total. The van der Waals surface area contributed by atoms with Crippen molar-refractivity contribution in [1.29, 1.82) is 0 Å². The molecule has 6 unspecified atom stereocenters.